The van der Waals surface area contributed by atoms with Crippen LogP contribution in [0, 0.1) is 11.7 Å². The van der Waals surface area contributed by atoms with E-state index in [0.29, 0.717) is 5.69 Å². The molecule has 1 aromatic carbocycles. The molecule has 1 heterocycles. The molecule has 1 saturated carbocycles. The predicted molar refractivity (Wildman–Crippen MR) is 102 cm³/mol. The minimum absolute atomic E-state index is 0.112. The lowest BCUT2D eigenvalue weighted by Crippen LogP contribution is -2.33. The van der Waals surface area contributed by atoms with Gasteiger partial charge in [-0.1, -0.05) is 23.7 Å². The number of unbranched alkanes of at least 4 members (excludes halogenated alkanes) is 2. The van der Waals surface area contributed by atoms with Gasteiger partial charge >= 0.3 is 0 Å². The van der Waals surface area contributed by atoms with Crippen LogP contribution in [-0.4, -0.2) is 35.6 Å². The van der Waals surface area contributed by atoms with Gasteiger partial charge in [0, 0.05) is 43.6 Å². The van der Waals surface area contributed by atoms with Crippen LogP contribution in [-0.2, 0) is 11.2 Å². The highest BCUT2D eigenvalue weighted by atomic mass is 19.1. The second-order valence-electron chi connectivity index (χ2n) is 7.53. The first-order chi connectivity index (χ1) is 13.0. The van der Waals surface area contributed by atoms with Crippen LogP contribution in [0.4, 0.5) is 4.39 Å². The third-order valence-corrected chi connectivity index (χ3v) is 5.29. The van der Waals surface area contributed by atoms with Crippen molar-refractivity contribution in [1.82, 2.24) is 10.1 Å². The fourth-order valence-corrected chi connectivity index (χ4v) is 3.70. The smallest absolute Gasteiger partial charge is 0.225 e. The fourth-order valence-electron chi connectivity index (χ4n) is 3.70. The zero-order valence-corrected chi connectivity index (χ0v) is 15.9. The summed E-state index contributed by atoms with van der Waals surface area (Å²) in [6.07, 6.45) is 6.43. The summed E-state index contributed by atoms with van der Waals surface area (Å²) >= 11 is 0. The summed E-state index contributed by atoms with van der Waals surface area (Å²) in [6, 6.07) is 8.39. The Morgan fingerprint density at radius 1 is 1.30 bits per heavy atom. The Labute approximate surface area is 159 Å². The van der Waals surface area contributed by atoms with Gasteiger partial charge in [-0.05, 0) is 44.2 Å². The van der Waals surface area contributed by atoms with Crippen molar-refractivity contribution in [3.05, 3.63) is 41.9 Å². The standard InChI is InChI=1S/C21H28FN3O2/c1-25(21(26)16-9-10-18(23)13-16)11-4-2-3-8-19-14-20(24-27-19)15-6-5-7-17(22)12-15/h5-7,12,14,16,18H,2-4,8-11,13,23H2,1H3. The molecule has 1 aromatic heterocycles. The first kappa shape index (κ1) is 19.5. The summed E-state index contributed by atoms with van der Waals surface area (Å²) in [5, 5.41) is 4.02. The lowest BCUT2D eigenvalue weighted by Gasteiger charge is -2.21. The van der Waals surface area contributed by atoms with Gasteiger partial charge in [0.25, 0.3) is 0 Å². The third-order valence-electron chi connectivity index (χ3n) is 5.29. The molecular weight excluding hydrogens is 345 g/mol. The predicted octanol–water partition coefficient (Wildman–Crippen LogP) is 3.78. The van der Waals surface area contributed by atoms with Gasteiger partial charge in [0.1, 0.15) is 17.3 Å². The van der Waals surface area contributed by atoms with Crippen molar-refractivity contribution < 1.29 is 13.7 Å². The average Bonchev–Trinajstić information content (AvgIpc) is 3.30. The van der Waals surface area contributed by atoms with E-state index >= 15 is 0 Å². The third kappa shape index (κ3) is 5.39. The number of rotatable bonds is 8. The zero-order valence-electron chi connectivity index (χ0n) is 15.9. The molecule has 1 fully saturated rings. The molecule has 1 aliphatic rings. The summed E-state index contributed by atoms with van der Waals surface area (Å²) in [4.78, 5) is 14.2. The number of nitrogens with zero attached hydrogens (tertiary/aromatic N) is 2. The normalized spacial score (nSPS) is 19.4. The number of aromatic nitrogens is 1. The van der Waals surface area contributed by atoms with Crippen LogP contribution >= 0.6 is 0 Å². The number of hydrogen-bond donors (Lipinski definition) is 1. The van der Waals surface area contributed by atoms with Crippen molar-refractivity contribution in [3.8, 4) is 11.3 Å². The Hall–Kier alpha value is -2.21. The molecule has 0 spiro atoms. The van der Waals surface area contributed by atoms with Crippen molar-refractivity contribution in [3.63, 3.8) is 0 Å². The minimum atomic E-state index is -0.282. The number of carbonyl (C=O) groups excluding carboxylic acids is 1. The molecule has 2 atom stereocenters. The van der Waals surface area contributed by atoms with Crippen LogP contribution in [0.25, 0.3) is 11.3 Å². The molecule has 0 radical (unpaired) electrons. The quantitative estimate of drug-likeness (QED) is 0.715. The molecular formula is C21H28FN3O2. The molecule has 1 amide bonds. The van der Waals surface area contributed by atoms with Crippen molar-refractivity contribution >= 4 is 5.91 Å². The van der Waals surface area contributed by atoms with Crippen molar-refractivity contribution in [2.75, 3.05) is 13.6 Å². The SMILES string of the molecule is CN(CCCCCc1cc(-c2cccc(F)c2)no1)C(=O)C1CCC(N)C1. The molecule has 3 rings (SSSR count). The van der Waals surface area contributed by atoms with Crippen LogP contribution in [0.1, 0.15) is 44.3 Å². The van der Waals surface area contributed by atoms with Gasteiger partial charge < -0.3 is 15.2 Å². The van der Waals surface area contributed by atoms with E-state index in [9.17, 15) is 9.18 Å². The molecule has 1 aliphatic carbocycles. The van der Waals surface area contributed by atoms with Crippen molar-refractivity contribution in [2.24, 2.45) is 11.7 Å². The molecule has 2 unspecified atom stereocenters. The van der Waals surface area contributed by atoms with E-state index in [1.165, 1.54) is 12.1 Å². The first-order valence-electron chi connectivity index (χ1n) is 9.75. The maximum absolute atomic E-state index is 13.3. The van der Waals surface area contributed by atoms with Gasteiger partial charge in [0.15, 0.2) is 0 Å². The molecule has 2 aromatic rings. The van der Waals surface area contributed by atoms with Gasteiger partial charge in [-0.25, -0.2) is 4.39 Å². The van der Waals surface area contributed by atoms with Crippen molar-refractivity contribution in [1.29, 1.82) is 0 Å². The lowest BCUT2D eigenvalue weighted by atomic mass is 10.1. The van der Waals surface area contributed by atoms with Crippen LogP contribution in [0.5, 0.6) is 0 Å². The number of hydrogen-bond acceptors (Lipinski definition) is 4. The first-order valence-corrected chi connectivity index (χ1v) is 9.75. The number of amides is 1. The second kappa shape index (κ2) is 9.13. The summed E-state index contributed by atoms with van der Waals surface area (Å²) in [7, 11) is 1.88. The molecule has 0 bridgehead atoms. The van der Waals surface area contributed by atoms with E-state index in [-0.39, 0.29) is 23.7 Å². The van der Waals surface area contributed by atoms with Crippen LogP contribution in [0.15, 0.2) is 34.9 Å². The lowest BCUT2D eigenvalue weighted by molar-refractivity contribution is -0.134. The van der Waals surface area contributed by atoms with Crippen molar-refractivity contribution in [2.45, 2.75) is 51.0 Å². The number of halogens is 1. The van der Waals surface area contributed by atoms with E-state index in [0.717, 1.165) is 62.8 Å². The van der Waals surface area contributed by atoms with Crippen LogP contribution in [0.2, 0.25) is 0 Å². The van der Waals surface area contributed by atoms with Crippen LogP contribution in [0.3, 0.4) is 0 Å². The average molecular weight is 373 g/mol. The molecule has 5 nitrogen and oxygen atoms in total. The Kier molecular flexibility index (Phi) is 6.61. The molecule has 0 aliphatic heterocycles. The highest BCUT2D eigenvalue weighted by Crippen LogP contribution is 2.26. The second-order valence-corrected chi connectivity index (χ2v) is 7.53. The largest absolute Gasteiger partial charge is 0.361 e. The van der Waals surface area contributed by atoms with Gasteiger partial charge in [-0.15, -0.1) is 0 Å². The minimum Gasteiger partial charge on any atom is -0.361 e. The number of benzene rings is 1. The zero-order chi connectivity index (χ0) is 19.2. The van der Waals surface area contributed by atoms with E-state index < -0.39 is 0 Å². The van der Waals surface area contributed by atoms with E-state index in [1.807, 2.05) is 24.1 Å². The summed E-state index contributed by atoms with van der Waals surface area (Å²) in [5.41, 5.74) is 7.28. The fraction of sp³-hybridized carbons (Fsp3) is 0.524. The molecule has 27 heavy (non-hydrogen) atoms. The van der Waals surface area contributed by atoms with E-state index in [1.54, 1.807) is 6.07 Å². The molecule has 0 saturated heterocycles. The Morgan fingerprint density at radius 2 is 2.15 bits per heavy atom. The van der Waals surface area contributed by atoms with E-state index in [2.05, 4.69) is 5.16 Å². The Bertz CT molecular complexity index is 761. The topological polar surface area (TPSA) is 72.4 Å². The summed E-state index contributed by atoms with van der Waals surface area (Å²) in [6.45, 7) is 0.773. The van der Waals surface area contributed by atoms with Gasteiger partial charge in [0.05, 0.1) is 0 Å². The highest BCUT2D eigenvalue weighted by Gasteiger charge is 2.29. The highest BCUT2D eigenvalue weighted by molar-refractivity contribution is 5.78. The monoisotopic (exact) mass is 373 g/mol. The molecule has 6 heteroatoms. The molecule has 2 N–H and O–H groups in total. The Balaban J connectivity index is 1.36. The van der Waals surface area contributed by atoms with E-state index in [4.69, 9.17) is 10.3 Å². The number of carbonyl (C=O) groups is 1. The maximum Gasteiger partial charge on any atom is 0.225 e. The Morgan fingerprint density at radius 3 is 2.89 bits per heavy atom. The van der Waals surface area contributed by atoms with Gasteiger partial charge in [-0.2, -0.15) is 0 Å². The number of aryl methyl sites for hydroxylation is 1. The van der Waals surface area contributed by atoms with Crippen LogP contribution < -0.4 is 5.73 Å². The summed E-state index contributed by atoms with van der Waals surface area (Å²) in [5.74, 6) is 0.868. The van der Waals surface area contributed by atoms with Gasteiger partial charge in [-0.3, -0.25) is 4.79 Å². The summed E-state index contributed by atoms with van der Waals surface area (Å²) < 4.78 is 18.6. The van der Waals surface area contributed by atoms with Gasteiger partial charge in [0.2, 0.25) is 5.91 Å². The maximum atomic E-state index is 13.3. The molecule has 146 valence electrons. The number of nitrogens with two attached hydrogens (primary N) is 1.